The van der Waals surface area contributed by atoms with E-state index in [9.17, 15) is 9.59 Å². The minimum Gasteiger partial charge on any atom is -0.464 e. The molecule has 0 radical (unpaired) electrons. The second-order valence-electron chi connectivity index (χ2n) is 5.32. The van der Waals surface area contributed by atoms with Crippen molar-refractivity contribution in [1.82, 2.24) is 5.32 Å². The largest absolute Gasteiger partial charge is 0.464 e. The Morgan fingerprint density at radius 3 is 2.38 bits per heavy atom. The van der Waals surface area contributed by atoms with Crippen LogP contribution in [0.5, 0.6) is 0 Å². The highest BCUT2D eigenvalue weighted by Gasteiger charge is 2.21. The molecule has 0 aliphatic heterocycles. The zero-order valence-electron chi connectivity index (χ0n) is 13.7. The van der Waals surface area contributed by atoms with E-state index >= 15 is 0 Å². The molecule has 3 N–H and O–H groups in total. The molecule has 0 bridgehead atoms. The van der Waals surface area contributed by atoms with Crippen LogP contribution >= 0.6 is 0 Å². The van der Waals surface area contributed by atoms with Gasteiger partial charge < -0.3 is 15.8 Å². The number of carbonyl (C=O) groups excluding carboxylic acids is 2. The standard InChI is InChI=1S/C16H32N2O3/c1-3-5-6-7-8-12-15(19)18-14(11-9-10-13-17)16(20)21-4-2/h14H,3-13,17H2,1-2H3,(H,18,19)/t14-/m0/s1. The molecule has 0 fully saturated rings. The molecule has 0 rings (SSSR count). The molecule has 124 valence electrons. The minimum absolute atomic E-state index is 0.0581. The maximum atomic E-state index is 11.9. The molecule has 0 heterocycles. The van der Waals surface area contributed by atoms with Crippen LogP contribution in [-0.2, 0) is 14.3 Å². The molecule has 5 nitrogen and oxygen atoms in total. The average molecular weight is 300 g/mol. The van der Waals surface area contributed by atoms with E-state index in [4.69, 9.17) is 10.5 Å². The van der Waals surface area contributed by atoms with Crippen molar-refractivity contribution < 1.29 is 14.3 Å². The summed E-state index contributed by atoms with van der Waals surface area (Å²) in [4.78, 5) is 23.7. The van der Waals surface area contributed by atoms with Crippen molar-refractivity contribution in [3.8, 4) is 0 Å². The number of hydrogen-bond donors (Lipinski definition) is 2. The van der Waals surface area contributed by atoms with Gasteiger partial charge in [0.1, 0.15) is 6.04 Å². The molecule has 0 aliphatic carbocycles. The van der Waals surface area contributed by atoms with Crippen LogP contribution in [-0.4, -0.2) is 31.1 Å². The van der Waals surface area contributed by atoms with Crippen LogP contribution < -0.4 is 11.1 Å². The number of nitrogens with two attached hydrogens (primary N) is 1. The molecule has 0 aromatic heterocycles. The first-order valence-electron chi connectivity index (χ1n) is 8.31. The quantitative estimate of drug-likeness (QED) is 0.404. The summed E-state index contributed by atoms with van der Waals surface area (Å²) >= 11 is 0. The van der Waals surface area contributed by atoms with Crippen LogP contribution in [0.4, 0.5) is 0 Å². The van der Waals surface area contributed by atoms with E-state index in [-0.39, 0.29) is 11.9 Å². The number of nitrogens with one attached hydrogen (secondary N) is 1. The molecule has 0 aromatic rings. The Labute approximate surface area is 129 Å². The fourth-order valence-electron chi connectivity index (χ4n) is 2.14. The summed E-state index contributed by atoms with van der Waals surface area (Å²) in [7, 11) is 0. The van der Waals surface area contributed by atoms with Gasteiger partial charge in [0, 0.05) is 6.42 Å². The second-order valence-corrected chi connectivity index (χ2v) is 5.32. The minimum atomic E-state index is -0.528. The number of hydrogen-bond acceptors (Lipinski definition) is 4. The van der Waals surface area contributed by atoms with Gasteiger partial charge in [0.25, 0.3) is 0 Å². The summed E-state index contributed by atoms with van der Waals surface area (Å²) in [5.41, 5.74) is 5.45. The predicted octanol–water partition coefficient (Wildman–Crippen LogP) is 2.52. The van der Waals surface area contributed by atoms with Crippen molar-refractivity contribution in [3.05, 3.63) is 0 Å². The highest BCUT2D eigenvalue weighted by Crippen LogP contribution is 2.07. The average Bonchev–Trinajstić information content (AvgIpc) is 2.46. The Balaban J connectivity index is 4.06. The lowest BCUT2D eigenvalue weighted by Crippen LogP contribution is -2.41. The highest BCUT2D eigenvalue weighted by atomic mass is 16.5. The summed E-state index contributed by atoms with van der Waals surface area (Å²) in [5.74, 6) is -0.397. The Morgan fingerprint density at radius 1 is 1.05 bits per heavy atom. The Morgan fingerprint density at radius 2 is 1.76 bits per heavy atom. The van der Waals surface area contributed by atoms with Gasteiger partial charge in [0.15, 0.2) is 0 Å². The van der Waals surface area contributed by atoms with Gasteiger partial charge in [0.05, 0.1) is 6.61 Å². The first-order valence-corrected chi connectivity index (χ1v) is 8.31. The van der Waals surface area contributed by atoms with E-state index in [1.54, 1.807) is 6.92 Å². The van der Waals surface area contributed by atoms with Gasteiger partial charge in [-0.2, -0.15) is 0 Å². The Bertz CT molecular complexity index is 283. The number of esters is 1. The van der Waals surface area contributed by atoms with Gasteiger partial charge in [-0.25, -0.2) is 4.79 Å². The van der Waals surface area contributed by atoms with Gasteiger partial charge in [0.2, 0.25) is 5.91 Å². The number of unbranched alkanes of at least 4 members (excludes halogenated alkanes) is 5. The summed E-state index contributed by atoms with van der Waals surface area (Å²) in [5, 5.41) is 2.80. The van der Waals surface area contributed by atoms with Gasteiger partial charge in [-0.3, -0.25) is 4.79 Å². The summed E-state index contributed by atoms with van der Waals surface area (Å²) in [6, 6.07) is -0.528. The summed E-state index contributed by atoms with van der Waals surface area (Å²) < 4.78 is 5.01. The lowest BCUT2D eigenvalue weighted by atomic mass is 10.1. The molecule has 0 saturated heterocycles. The zero-order valence-corrected chi connectivity index (χ0v) is 13.7. The maximum Gasteiger partial charge on any atom is 0.328 e. The predicted molar refractivity (Wildman–Crippen MR) is 84.8 cm³/mol. The second kappa shape index (κ2) is 13.9. The highest BCUT2D eigenvalue weighted by molar-refractivity contribution is 5.84. The van der Waals surface area contributed by atoms with E-state index in [1.165, 1.54) is 19.3 Å². The van der Waals surface area contributed by atoms with Gasteiger partial charge in [-0.15, -0.1) is 0 Å². The fraction of sp³-hybridized carbons (Fsp3) is 0.875. The Kier molecular flexibility index (Phi) is 13.1. The number of ether oxygens (including phenoxy) is 1. The van der Waals surface area contributed by atoms with Crippen LogP contribution in [0, 0.1) is 0 Å². The van der Waals surface area contributed by atoms with Crippen LogP contribution in [0.1, 0.15) is 71.6 Å². The monoisotopic (exact) mass is 300 g/mol. The van der Waals surface area contributed by atoms with E-state index in [0.717, 1.165) is 25.7 Å². The molecule has 0 unspecified atom stereocenters. The van der Waals surface area contributed by atoms with Crippen molar-refractivity contribution in [2.45, 2.75) is 77.7 Å². The third-order valence-electron chi connectivity index (χ3n) is 3.36. The van der Waals surface area contributed by atoms with Crippen molar-refractivity contribution in [2.75, 3.05) is 13.2 Å². The van der Waals surface area contributed by atoms with Crippen LogP contribution in [0.3, 0.4) is 0 Å². The molecule has 0 aliphatic rings. The molecular formula is C16H32N2O3. The van der Waals surface area contributed by atoms with Gasteiger partial charge in [-0.05, 0) is 39.2 Å². The fourth-order valence-corrected chi connectivity index (χ4v) is 2.14. The van der Waals surface area contributed by atoms with E-state index in [0.29, 0.717) is 26.0 Å². The van der Waals surface area contributed by atoms with Crippen molar-refractivity contribution in [1.29, 1.82) is 0 Å². The van der Waals surface area contributed by atoms with Gasteiger partial charge >= 0.3 is 5.97 Å². The molecule has 1 atom stereocenters. The maximum absolute atomic E-state index is 11.9. The van der Waals surface area contributed by atoms with Gasteiger partial charge in [-0.1, -0.05) is 32.6 Å². The van der Waals surface area contributed by atoms with Crippen LogP contribution in [0.2, 0.25) is 0 Å². The lowest BCUT2D eigenvalue weighted by molar-refractivity contribution is -0.147. The lowest BCUT2D eigenvalue weighted by Gasteiger charge is -2.17. The third-order valence-corrected chi connectivity index (χ3v) is 3.36. The van der Waals surface area contributed by atoms with Crippen molar-refractivity contribution in [2.24, 2.45) is 5.73 Å². The number of amides is 1. The van der Waals surface area contributed by atoms with Crippen LogP contribution in [0.15, 0.2) is 0 Å². The Hall–Kier alpha value is -1.10. The van der Waals surface area contributed by atoms with Crippen molar-refractivity contribution >= 4 is 11.9 Å². The molecular weight excluding hydrogens is 268 g/mol. The number of rotatable bonds is 13. The SMILES string of the molecule is CCCCCCCC(=O)N[C@@H](CCCCN)C(=O)OCC. The smallest absolute Gasteiger partial charge is 0.328 e. The zero-order chi connectivity index (χ0) is 15.9. The molecule has 0 saturated carbocycles. The molecule has 0 aromatic carbocycles. The van der Waals surface area contributed by atoms with Crippen molar-refractivity contribution in [3.63, 3.8) is 0 Å². The third kappa shape index (κ3) is 11.3. The molecule has 0 spiro atoms. The van der Waals surface area contributed by atoms with E-state index < -0.39 is 6.04 Å². The molecule has 1 amide bonds. The summed E-state index contributed by atoms with van der Waals surface area (Å²) in [6.45, 7) is 4.86. The summed E-state index contributed by atoms with van der Waals surface area (Å²) in [6.07, 6.45) is 8.27. The first-order chi connectivity index (χ1) is 10.2. The molecule has 5 heteroatoms. The topological polar surface area (TPSA) is 81.4 Å². The van der Waals surface area contributed by atoms with Crippen LogP contribution in [0.25, 0.3) is 0 Å². The van der Waals surface area contributed by atoms with E-state index in [2.05, 4.69) is 12.2 Å². The first kappa shape index (κ1) is 19.9. The van der Waals surface area contributed by atoms with E-state index in [1.807, 2.05) is 0 Å². The molecule has 21 heavy (non-hydrogen) atoms. The number of carbonyl (C=O) groups is 2. The normalized spacial score (nSPS) is 12.0.